The van der Waals surface area contributed by atoms with E-state index in [-0.39, 0.29) is 30.7 Å². The first kappa shape index (κ1) is 15.2. The number of nitrogens with zero attached hydrogens (tertiary/aromatic N) is 2. The molecule has 0 radical (unpaired) electrons. The molecule has 0 unspecified atom stereocenters. The first-order chi connectivity index (χ1) is 11.1. The van der Waals surface area contributed by atoms with Crippen LogP contribution < -0.4 is 0 Å². The van der Waals surface area contributed by atoms with Crippen molar-refractivity contribution < 1.29 is 19.1 Å². The van der Waals surface area contributed by atoms with Crippen molar-refractivity contribution in [2.75, 3.05) is 13.2 Å². The summed E-state index contributed by atoms with van der Waals surface area (Å²) in [6, 6.07) is 9.49. The van der Waals surface area contributed by atoms with Crippen LogP contribution in [0, 0.1) is 0 Å². The molecule has 7 heteroatoms. The number of ether oxygens (including phenoxy) is 1. The Morgan fingerprint density at radius 2 is 1.78 bits per heavy atom. The van der Waals surface area contributed by atoms with Gasteiger partial charge < -0.3 is 4.74 Å². The minimum Gasteiger partial charge on any atom is -0.459 e. The van der Waals surface area contributed by atoms with E-state index >= 15 is 0 Å². The maximum atomic E-state index is 12.1. The number of hydrogen-bond acceptors (Lipinski definition) is 5. The van der Waals surface area contributed by atoms with Gasteiger partial charge in [0.1, 0.15) is 12.3 Å². The number of benzene rings is 1. The van der Waals surface area contributed by atoms with Crippen LogP contribution in [-0.4, -0.2) is 40.8 Å². The molecule has 23 heavy (non-hydrogen) atoms. The van der Waals surface area contributed by atoms with Crippen LogP contribution in [0.25, 0.3) is 0 Å². The Morgan fingerprint density at radius 3 is 2.39 bits per heavy atom. The van der Waals surface area contributed by atoms with Crippen LogP contribution in [0.3, 0.4) is 0 Å². The molecule has 1 aromatic carbocycles. The molecule has 2 amide bonds. The number of carbonyl (C=O) groups excluding carboxylic acids is 3. The molecule has 1 aliphatic heterocycles. The van der Waals surface area contributed by atoms with E-state index < -0.39 is 5.97 Å². The number of carbonyl (C=O) groups is 3. The molecular formula is C16H11ClN2O4. The molecule has 0 atom stereocenters. The molecule has 0 fully saturated rings. The lowest BCUT2D eigenvalue weighted by Gasteiger charge is -2.13. The lowest BCUT2D eigenvalue weighted by molar-refractivity contribution is 0.0415. The SMILES string of the molecule is O=C(OCCN1C(=O)c2ccccc2C1=O)c1cc(Cl)ccn1. The molecule has 116 valence electrons. The largest absolute Gasteiger partial charge is 0.459 e. The summed E-state index contributed by atoms with van der Waals surface area (Å²) in [5.74, 6) is -1.44. The predicted octanol–water partition coefficient (Wildman–Crippen LogP) is 2.19. The van der Waals surface area contributed by atoms with E-state index in [1.807, 2.05) is 0 Å². The Balaban J connectivity index is 1.61. The minimum absolute atomic E-state index is 0.0152. The van der Waals surface area contributed by atoms with Crippen LogP contribution in [0.1, 0.15) is 31.2 Å². The van der Waals surface area contributed by atoms with Crippen LogP contribution >= 0.6 is 11.6 Å². The summed E-state index contributed by atoms with van der Waals surface area (Å²) in [6.45, 7) is -0.128. The van der Waals surface area contributed by atoms with Gasteiger partial charge in [-0.25, -0.2) is 9.78 Å². The zero-order valence-electron chi connectivity index (χ0n) is 11.9. The highest BCUT2D eigenvalue weighted by molar-refractivity contribution is 6.30. The predicted molar refractivity (Wildman–Crippen MR) is 81.3 cm³/mol. The Morgan fingerprint density at radius 1 is 1.13 bits per heavy atom. The zero-order valence-corrected chi connectivity index (χ0v) is 12.6. The third kappa shape index (κ3) is 2.93. The molecule has 0 N–H and O–H groups in total. The second kappa shape index (κ2) is 6.18. The summed E-state index contributed by atoms with van der Waals surface area (Å²) in [7, 11) is 0. The van der Waals surface area contributed by atoms with Crippen LogP contribution in [0.15, 0.2) is 42.6 Å². The molecule has 0 aliphatic carbocycles. The maximum absolute atomic E-state index is 12.1. The van der Waals surface area contributed by atoms with Gasteiger partial charge in [-0.1, -0.05) is 23.7 Å². The van der Waals surface area contributed by atoms with Gasteiger partial charge in [-0.3, -0.25) is 14.5 Å². The van der Waals surface area contributed by atoms with E-state index in [9.17, 15) is 14.4 Å². The second-order valence-corrected chi connectivity index (χ2v) is 5.24. The quantitative estimate of drug-likeness (QED) is 0.634. The van der Waals surface area contributed by atoms with E-state index in [1.165, 1.54) is 18.3 Å². The van der Waals surface area contributed by atoms with Crippen molar-refractivity contribution in [2.24, 2.45) is 0 Å². The second-order valence-electron chi connectivity index (χ2n) is 4.80. The fourth-order valence-electron chi connectivity index (χ4n) is 2.26. The summed E-state index contributed by atoms with van der Waals surface area (Å²) >= 11 is 5.77. The summed E-state index contributed by atoms with van der Waals surface area (Å²) in [6.07, 6.45) is 1.39. The molecule has 0 saturated heterocycles. The molecule has 2 aromatic rings. The Bertz CT molecular complexity index is 771. The third-order valence-corrected chi connectivity index (χ3v) is 3.59. The molecule has 1 aromatic heterocycles. The van der Waals surface area contributed by atoms with Gasteiger partial charge in [0.15, 0.2) is 0 Å². The van der Waals surface area contributed by atoms with Crippen molar-refractivity contribution in [1.29, 1.82) is 0 Å². The van der Waals surface area contributed by atoms with Gasteiger partial charge in [-0.2, -0.15) is 0 Å². The van der Waals surface area contributed by atoms with Gasteiger partial charge in [0.25, 0.3) is 11.8 Å². The summed E-state index contributed by atoms with van der Waals surface area (Å²) in [5, 5.41) is 0.368. The highest BCUT2D eigenvalue weighted by Crippen LogP contribution is 2.22. The van der Waals surface area contributed by atoms with Crippen molar-refractivity contribution in [3.63, 3.8) is 0 Å². The number of rotatable bonds is 4. The molecule has 0 spiro atoms. The molecule has 0 saturated carbocycles. The van der Waals surface area contributed by atoms with Crippen LogP contribution in [0.4, 0.5) is 0 Å². The number of hydrogen-bond donors (Lipinski definition) is 0. The molecule has 2 heterocycles. The van der Waals surface area contributed by atoms with E-state index in [4.69, 9.17) is 16.3 Å². The zero-order chi connectivity index (χ0) is 16.4. The fraction of sp³-hybridized carbons (Fsp3) is 0.125. The maximum Gasteiger partial charge on any atom is 0.357 e. The standard InChI is InChI=1S/C16H11ClN2O4/c17-10-5-6-18-13(9-10)16(22)23-8-7-19-14(20)11-3-1-2-4-12(11)15(19)21/h1-6,9H,7-8H2. The van der Waals surface area contributed by atoms with E-state index in [0.29, 0.717) is 16.1 Å². The van der Waals surface area contributed by atoms with Crippen molar-refractivity contribution >= 4 is 29.4 Å². The van der Waals surface area contributed by atoms with Crippen molar-refractivity contribution in [3.8, 4) is 0 Å². The van der Waals surface area contributed by atoms with E-state index in [0.717, 1.165) is 4.90 Å². The minimum atomic E-state index is -0.663. The van der Waals surface area contributed by atoms with Crippen molar-refractivity contribution in [1.82, 2.24) is 9.88 Å². The van der Waals surface area contributed by atoms with Crippen molar-refractivity contribution in [2.45, 2.75) is 0 Å². The lowest BCUT2D eigenvalue weighted by Crippen LogP contribution is -2.33. The van der Waals surface area contributed by atoms with Crippen LogP contribution in [0.2, 0.25) is 5.02 Å². The molecule has 6 nitrogen and oxygen atoms in total. The van der Waals surface area contributed by atoms with Gasteiger partial charge in [-0.15, -0.1) is 0 Å². The number of esters is 1. The monoisotopic (exact) mass is 330 g/mol. The average molecular weight is 331 g/mol. The summed E-state index contributed by atoms with van der Waals surface area (Å²) in [5.41, 5.74) is 0.792. The van der Waals surface area contributed by atoms with Gasteiger partial charge >= 0.3 is 5.97 Å². The molecule has 3 rings (SSSR count). The number of pyridine rings is 1. The van der Waals surface area contributed by atoms with Crippen LogP contribution in [0.5, 0.6) is 0 Å². The Hall–Kier alpha value is -2.73. The number of imide groups is 1. The van der Waals surface area contributed by atoms with Gasteiger partial charge in [0.05, 0.1) is 17.7 Å². The molecule has 1 aliphatic rings. The lowest BCUT2D eigenvalue weighted by atomic mass is 10.1. The number of halogens is 1. The average Bonchev–Trinajstić information content (AvgIpc) is 2.80. The van der Waals surface area contributed by atoms with E-state index in [2.05, 4.69) is 4.98 Å². The number of fused-ring (bicyclic) bond motifs is 1. The highest BCUT2D eigenvalue weighted by Gasteiger charge is 2.34. The fourth-order valence-corrected chi connectivity index (χ4v) is 2.42. The Kier molecular flexibility index (Phi) is 4.08. The number of amides is 2. The first-order valence-electron chi connectivity index (χ1n) is 6.82. The van der Waals surface area contributed by atoms with E-state index in [1.54, 1.807) is 24.3 Å². The summed E-state index contributed by atoms with van der Waals surface area (Å²) < 4.78 is 5.03. The van der Waals surface area contributed by atoms with Gasteiger partial charge in [0.2, 0.25) is 0 Å². The van der Waals surface area contributed by atoms with Gasteiger partial charge in [0, 0.05) is 11.2 Å². The topological polar surface area (TPSA) is 76.6 Å². The smallest absolute Gasteiger partial charge is 0.357 e. The first-order valence-corrected chi connectivity index (χ1v) is 7.19. The van der Waals surface area contributed by atoms with Crippen LogP contribution in [-0.2, 0) is 4.74 Å². The summed E-state index contributed by atoms with van der Waals surface area (Å²) in [4.78, 5) is 41.0. The number of aromatic nitrogens is 1. The van der Waals surface area contributed by atoms with Crippen molar-refractivity contribution in [3.05, 3.63) is 64.4 Å². The molecular weight excluding hydrogens is 320 g/mol. The van der Waals surface area contributed by atoms with Gasteiger partial charge in [-0.05, 0) is 24.3 Å². The third-order valence-electron chi connectivity index (χ3n) is 3.36. The molecule has 0 bridgehead atoms. The highest BCUT2D eigenvalue weighted by atomic mass is 35.5. The normalized spacial score (nSPS) is 13.2. The Labute approximate surface area is 136 Å².